The second-order valence-corrected chi connectivity index (χ2v) is 6.66. The number of halogens is 1. The molecular weight excluding hydrogens is 368 g/mol. The molecule has 3 nitrogen and oxygen atoms in total. The Bertz CT molecular complexity index is 828. The first kappa shape index (κ1) is 16.5. The van der Waals surface area contributed by atoms with E-state index in [9.17, 15) is 4.79 Å². The van der Waals surface area contributed by atoms with E-state index in [1.807, 2.05) is 44.2 Å². The van der Waals surface area contributed by atoms with Gasteiger partial charge in [0.1, 0.15) is 18.1 Å². The van der Waals surface area contributed by atoms with Crippen LogP contribution in [0.1, 0.15) is 29.8 Å². The van der Waals surface area contributed by atoms with Crippen molar-refractivity contribution in [2.75, 3.05) is 6.61 Å². The van der Waals surface area contributed by atoms with Gasteiger partial charge in [0.25, 0.3) is 0 Å². The highest BCUT2D eigenvalue weighted by Crippen LogP contribution is 2.35. The fourth-order valence-electron chi connectivity index (χ4n) is 2.27. The van der Waals surface area contributed by atoms with Crippen molar-refractivity contribution in [3.63, 3.8) is 0 Å². The minimum absolute atomic E-state index is 0.108. The van der Waals surface area contributed by atoms with Gasteiger partial charge in [0, 0.05) is 10.5 Å². The molecule has 0 fully saturated rings. The van der Waals surface area contributed by atoms with Crippen LogP contribution < -0.4 is 9.47 Å². The van der Waals surface area contributed by atoms with Gasteiger partial charge in [-0.2, -0.15) is 0 Å². The van der Waals surface area contributed by atoms with Crippen LogP contribution in [0.3, 0.4) is 0 Å². The highest BCUT2D eigenvalue weighted by Gasteiger charge is 2.27. The molecule has 0 amide bonds. The van der Waals surface area contributed by atoms with Crippen LogP contribution in [0.4, 0.5) is 0 Å². The van der Waals surface area contributed by atoms with Crippen LogP contribution in [-0.4, -0.2) is 12.4 Å². The van der Waals surface area contributed by atoms with Gasteiger partial charge < -0.3 is 9.47 Å². The number of ether oxygens (including phenoxy) is 2. The second kappa shape index (κ2) is 7.05. The summed E-state index contributed by atoms with van der Waals surface area (Å²) in [4.78, 5) is 12.4. The van der Waals surface area contributed by atoms with Gasteiger partial charge >= 0.3 is 0 Å². The van der Waals surface area contributed by atoms with Gasteiger partial charge in [0.15, 0.2) is 5.76 Å². The van der Waals surface area contributed by atoms with Crippen LogP contribution in [0, 0.1) is 0 Å². The van der Waals surface area contributed by atoms with Gasteiger partial charge in [0.2, 0.25) is 5.78 Å². The maximum atomic E-state index is 12.4. The monoisotopic (exact) mass is 384 g/mol. The molecule has 0 bridgehead atoms. The number of carbonyl (C=O) groups excluding carboxylic acids is 1. The number of benzene rings is 2. The van der Waals surface area contributed by atoms with Crippen molar-refractivity contribution in [2.45, 2.75) is 13.8 Å². The number of hydrogen-bond donors (Lipinski definition) is 0. The lowest BCUT2D eigenvalue weighted by atomic mass is 10.1. The molecule has 2 aromatic rings. The lowest BCUT2D eigenvalue weighted by molar-refractivity contribution is 0.101. The van der Waals surface area contributed by atoms with E-state index in [0.29, 0.717) is 29.4 Å². The zero-order valence-corrected chi connectivity index (χ0v) is 15.1. The van der Waals surface area contributed by atoms with E-state index < -0.39 is 0 Å². The summed E-state index contributed by atoms with van der Waals surface area (Å²) in [7, 11) is 0. The molecule has 0 saturated heterocycles. The van der Waals surface area contributed by atoms with E-state index in [1.54, 1.807) is 24.3 Å². The molecule has 1 aliphatic heterocycles. The summed E-state index contributed by atoms with van der Waals surface area (Å²) < 4.78 is 12.4. The molecule has 0 radical (unpaired) electrons. The predicted octanol–water partition coefficient (Wildman–Crippen LogP) is 5.41. The fraction of sp³-hybridized carbons (Fsp3) is 0.150. The van der Waals surface area contributed by atoms with Crippen molar-refractivity contribution in [1.82, 2.24) is 0 Å². The van der Waals surface area contributed by atoms with Crippen molar-refractivity contribution < 1.29 is 14.3 Å². The Kier molecular flexibility index (Phi) is 4.86. The summed E-state index contributed by atoms with van der Waals surface area (Å²) in [6.07, 6.45) is 3.75. The van der Waals surface area contributed by atoms with Crippen LogP contribution in [0.15, 0.2) is 64.3 Å². The Morgan fingerprint density at radius 1 is 1.17 bits per heavy atom. The van der Waals surface area contributed by atoms with Crippen molar-refractivity contribution in [1.29, 1.82) is 0 Å². The minimum atomic E-state index is -0.108. The smallest absolute Gasteiger partial charge is 0.231 e. The van der Waals surface area contributed by atoms with Gasteiger partial charge in [0.05, 0.1) is 5.56 Å². The van der Waals surface area contributed by atoms with Crippen molar-refractivity contribution >= 4 is 27.8 Å². The predicted molar refractivity (Wildman–Crippen MR) is 98.4 cm³/mol. The molecule has 1 aliphatic rings. The molecule has 0 saturated carbocycles. The van der Waals surface area contributed by atoms with Crippen LogP contribution in [0.25, 0.3) is 6.08 Å². The quantitative estimate of drug-likeness (QED) is 0.522. The molecular formula is C20H17BrO3. The summed E-state index contributed by atoms with van der Waals surface area (Å²) in [6, 6.07) is 13.0. The maximum absolute atomic E-state index is 12.4. The molecule has 0 spiro atoms. The zero-order valence-electron chi connectivity index (χ0n) is 13.5. The first-order chi connectivity index (χ1) is 11.5. The molecule has 122 valence electrons. The van der Waals surface area contributed by atoms with Gasteiger partial charge in [-0.1, -0.05) is 33.6 Å². The zero-order chi connectivity index (χ0) is 17.1. The standard InChI is InChI=1S/C20H17BrO3/c1-13(2)9-10-23-16-7-8-17-18(12-16)24-19(20(17)22)11-14-3-5-15(21)6-4-14/h3-9,11-12H,10H2,1-2H3/b19-11+. The van der Waals surface area contributed by atoms with E-state index >= 15 is 0 Å². The molecule has 3 rings (SSSR count). The van der Waals surface area contributed by atoms with Crippen LogP contribution >= 0.6 is 15.9 Å². The lowest BCUT2D eigenvalue weighted by Gasteiger charge is -2.05. The summed E-state index contributed by atoms with van der Waals surface area (Å²) in [5.41, 5.74) is 2.67. The maximum Gasteiger partial charge on any atom is 0.231 e. The number of hydrogen-bond acceptors (Lipinski definition) is 3. The third-order valence-electron chi connectivity index (χ3n) is 3.55. The topological polar surface area (TPSA) is 35.5 Å². The molecule has 0 atom stereocenters. The van der Waals surface area contributed by atoms with Crippen molar-refractivity contribution in [2.24, 2.45) is 0 Å². The number of allylic oxidation sites excluding steroid dienone is 2. The summed E-state index contributed by atoms with van der Waals surface area (Å²) in [6.45, 7) is 4.54. The average molecular weight is 385 g/mol. The van der Waals surface area contributed by atoms with Gasteiger partial charge in [-0.05, 0) is 55.8 Å². The Labute approximate surface area is 149 Å². The Balaban J connectivity index is 1.79. The molecule has 0 unspecified atom stereocenters. The average Bonchev–Trinajstić information content (AvgIpc) is 2.85. The van der Waals surface area contributed by atoms with E-state index in [2.05, 4.69) is 15.9 Å². The number of rotatable bonds is 4. The van der Waals surface area contributed by atoms with E-state index in [0.717, 1.165) is 10.0 Å². The van der Waals surface area contributed by atoms with Gasteiger partial charge in [-0.25, -0.2) is 0 Å². The van der Waals surface area contributed by atoms with E-state index in [1.165, 1.54) is 5.57 Å². The number of carbonyl (C=O) groups is 1. The molecule has 2 aromatic carbocycles. The molecule has 0 N–H and O–H groups in total. The molecule has 0 aliphatic carbocycles. The highest BCUT2D eigenvalue weighted by atomic mass is 79.9. The van der Waals surface area contributed by atoms with Crippen LogP contribution in [0.2, 0.25) is 0 Å². The van der Waals surface area contributed by atoms with E-state index in [-0.39, 0.29) is 5.78 Å². The number of Topliss-reactive ketones (excluding diaryl/α,β-unsaturated/α-hetero) is 1. The summed E-state index contributed by atoms with van der Waals surface area (Å²) in [5.74, 6) is 1.44. The Hall–Kier alpha value is -2.33. The van der Waals surface area contributed by atoms with Crippen LogP contribution in [0.5, 0.6) is 11.5 Å². The molecule has 1 heterocycles. The minimum Gasteiger partial charge on any atom is -0.489 e. The highest BCUT2D eigenvalue weighted by molar-refractivity contribution is 9.10. The van der Waals surface area contributed by atoms with Gasteiger partial charge in [-0.3, -0.25) is 4.79 Å². The summed E-state index contributed by atoms with van der Waals surface area (Å²) in [5, 5.41) is 0. The number of fused-ring (bicyclic) bond motifs is 1. The molecule has 0 aromatic heterocycles. The number of ketones is 1. The first-order valence-corrected chi connectivity index (χ1v) is 8.42. The second-order valence-electron chi connectivity index (χ2n) is 5.74. The normalized spacial score (nSPS) is 14.3. The fourth-order valence-corrected chi connectivity index (χ4v) is 2.54. The summed E-state index contributed by atoms with van der Waals surface area (Å²) >= 11 is 3.39. The van der Waals surface area contributed by atoms with Crippen LogP contribution in [-0.2, 0) is 0 Å². The Morgan fingerprint density at radius 3 is 2.62 bits per heavy atom. The van der Waals surface area contributed by atoms with Crippen molar-refractivity contribution in [3.8, 4) is 11.5 Å². The third-order valence-corrected chi connectivity index (χ3v) is 4.08. The SMILES string of the molecule is CC(C)=CCOc1ccc2c(c1)O/C(=C/c1ccc(Br)cc1)C2=O. The van der Waals surface area contributed by atoms with E-state index in [4.69, 9.17) is 9.47 Å². The first-order valence-electron chi connectivity index (χ1n) is 7.63. The lowest BCUT2D eigenvalue weighted by Crippen LogP contribution is -1.97. The van der Waals surface area contributed by atoms with Gasteiger partial charge in [-0.15, -0.1) is 0 Å². The third kappa shape index (κ3) is 3.77. The molecule has 24 heavy (non-hydrogen) atoms. The Morgan fingerprint density at radius 2 is 1.92 bits per heavy atom. The van der Waals surface area contributed by atoms with Crippen molar-refractivity contribution in [3.05, 3.63) is 75.5 Å². The largest absolute Gasteiger partial charge is 0.489 e. The molecule has 4 heteroatoms.